The Morgan fingerprint density at radius 2 is 1.64 bits per heavy atom. The van der Waals surface area contributed by atoms with Crippen molar-refractivity contribution in [3.8, 4) is 11.4 Å². The van der Waals surface area contributed by atoms with Gasteiger partial charge in [-0.05, 0) is 70.6 Å². The van der Waals surface area contributed by atoms with Crippen molar-refractivity contribution >= 4 is 17.7 Å². The molecule has 3 aromatic carbocycles. The fourth-order valence-electron chi connectivity index (χ4n) is 5.84. The minimum absolute atomic E-state index is 0.135. The Balaban J connectivity index is 1.08. The van der Waals surface area contributed by atoms with Gasteiger partial charge in [0, 0.05) is 36.2 Å². The fourth-order valence-corrected chi connectivity index (χ4v) is 6.69. The Morgan fingerprint density at radius 1 is 0.949 bits per heavy atom. The number of hydrogen-bond donors (Lipinski definition) is 0. The number of carbonyl (C=O) groups excluding carboxylic acids is 1. The summed E-state index contributed by atoms with van der Waals surface area (Å²) in [6.45, 7) is 4.40. The van der Waals surface area contributed by atoms with Gasteiger partial charge in [-0.3, -0.25) is 4.79 Å². The third kappa shape index (κ3) is 5.43. The first-order chi connectivity index (χ1) is 19.1. The summed E-state index contributed by atoms with van der Waals surface area (Å²) in [5, 5.41) is 12.9. The Labute approximate surface area is 233 Å². The minimum Gasteiger partial charge on any atom is -0.490 e. The normalized spacial score (nSPS) is 20.4. The third-order valence-electron chi connectivity index (χ3n) is 7.77. The van der Waals surface area contributed by atoms with Crippen LogP contribution in [0, 0.1) is 0 Å². The topological polar surface area (TPSA) is 73.1 Å². The van der Waals surface area contributed by atoms with E-state index in [1.54, 1.807) is 16.4 Å². The quantitative estimate of drug-likeness (QED) is 0.245. The van der Waals surface area contributed by atoms with Crippen molar-refractivity contribution in [2.75, 3.05) is 0 Å². The average molecular weight is 540 g/mol. The van der Waals surface area contributed by atoms with Crippen molar-refractivity contribution in [2.24, 2.45) is 0 Å². The lowest BCUT2D eigenvalue weighted by Gasteiger charge is -2.39. The minimum atomic E-state index is 0.135. The Hall–Kier alpha value is -3.65. The number of amides is 1. The molecule has 2 bridgehead atoms. The van der Waals surface area contributed by atoms with Crippen LogP contribution in [0.25, 0.3) is 5.69 Å². The number of ether oxygens (including phenoxy) is 1. The SMILES string of the molecule is CC(C)c1ccccc1OC1CC2CCC(C1)N2C(=O)c1ccc(CSc2nnnn2-c2ccccc2)cc1. The maximum atomic E-state index is 13.6. The van der Waals surface area contributed by atoms with E-state index in [0.717, 1.165) is 53.4 Å². The molecule has 3 heterocycles. The van der Waals surface area contributed by atoms with Gasteiger partial charge in [0.15, 0.2) is 0 Å². The molecular formula is C31H33N5O2S. The number of thioether (sulfide) groups is 1. The molecular weight excluding hydrogens is 506 g/mol. The maximum Gasteiger partial charge on any atom is 0.254 e. The molecule has 1 amide bonds. The van der Waals surface area contributed by atoms with E-state index < -0.39 is 0 Å². The molecule has 200 valence electrons. The van der Waals surface area contributed by atoms with Crippen LogP contribution in [0.1, 0.15) is 66.9 Å². The molecule has 2 saturated heterocycles. The Bertz CT molecular complexity index is 1410. The highest BCUT2D eigenvalue weighted by Gasteiger charge is 2.44. The molecule has 1 aromatic heterocycles. The molecule has 2 fully saturated rings. The number of para-hydroxylation sites is 2. The van der Waals surface area contributed by atoms with E-state index in [1.807, 2.05) is 60.7 Å². The van der Waals surface area contributed by atoms with Crippen LogP contribution >= 0.6 is 11.8 Å². The second-order valence-corrected chi connectivity index (χ2v) is 11.6. The highest BCUT2D eigenvalue weighted by atomic mass is 32.2. The molecule has 2 aliphatic rings. The van der Waals surface area contributed by atoms with Crippen molar-refractivity contribution in [2.45, 2.75) is 74.5 Å². The number of hydrogen-bond acceptors (Lipinski definition) is 6. The van der Waals surface area contributed by atoms with Gasteiger partial charge in [0.1, 0.15) is 11.9 Å². The zero-order valence-corrected chi connectivity index (χ0v) is 23.1. The lowest BCUT2D eigenvalue weighted by molar-refractivity contribution is 0.0356. The molecule has 4 aromatic rings. The second kappa shape index (κ2) is 11.2. The van der Waals surface area contributed by atoms with Crippen molar-refractivity contribution < 1.29 is 9.53 Å². The largest absolute Gasteiger partial charge is 0.490 e. The van der Waals surface area contributed by atoms with Gasteiger partial charge in [-0.25, -0.2) is 0 Å². The lowest BCUT2D eigenvalue weighted by Crippen LogP contribution is -2.49. The van der Waals surface area contributed by atoms with Crippen LogP contribution in [0.15, 0.2) is 84.0 Å². The molecule has 2 unspecified atom stereocenters. The standard InChI is InChI=1S/C31H33N5O2S/c1-21(2)28-10-6-7-11-29(28)38-27-18-25-16-17-26(19-27)35(25)30(37)23-14-12-22(13-15-23)20-39-31-32-33-34-36(31)24-8-4-3-5-9-24/h3-15,21,25-27H,16-20H2,1-2H3. The molecule has 0 radical (unpaired) electrons. The van der Waals surface area contributed by atoms with E-state index in [0.29, 0.717) is 11.7 Å². The van der Waals surface area contributed by atoms with Gasteiger partial charge in [-0.15, -0.1) is 5.10 Å². The maximum absolute atomic E-state index is 13.6. The molecule has 6 rings (SSSR count). The molecule has 39 heavy (non-hydrogen) atoms. The number of benzene rings is 3. The van der Waals surface area contributed by atoms with Gasteiger partial charge in [0.05, 0.1) is 5.69 Å². The van der Waals surface area contributed by atoms with E-state index in [4.69, 9.17) is 4.74 Å². The number of nitrogens with zero attached hydrogens (tertiary/aromatic N) is 5. The van der Waals surface area contributed by atoms with Gasteiger partial charge in [0.2, 0.25) is 5.16 Å². The molecule has 2 atom stereocenters. The number of piperidine rings is 1. The summed E-state index contributed by atoms with van der Waals surface area (Å²) in [4.78, 5) is 15.7. The predicted molar refractivity (Wildman–Crippen MR) is 152 cm³/mol. The fraction of sp³-hybridized carbons (Fsp3) is 0.355. The first kappa shape index (κ1) is 25.6. The highest BCUT2D eigenvalue weighted by molar-refractivity contribution is 7.98. The molecule has 0 N–H and O–H groups in total. The van der Waals surface area contributed by atoms with E-state index in [-0.39, 0.29) is 24.1 Å². The van der Waals surface area contributed by atoms with Crippen LogP contribution in [0.3, 0.4) is 0 Å². The van der Waals surface area contributed by atoms with Gasteiger partial charge in [0.25, 0.3) is 5.91 Å². The molecule has 0 aliphatic carbocycles. The monoisotopic (exact) mass is 539 g/mol. The molecule has 8 heteroatoms. The van der Waals surface area contributed by atoms with E-state index in [9.17, 15) is 4.79 Å². The number of rotatable bonds is 8. The van der Waals surface area contributed by atoms with Gasteiger partial charge in [-0.2, -0.15) is 4.68 Å². The average Bonchev–Trinajstić information content (AvgIpc) is 3.54. The van der Waals surface area contributed by atoms with Crippen molar-refractivity contribution in [3.05, 3.63) is 95.6 Å². The van der Waals surface area contributed by atoms with Crippen LogP contribution < -0.4 is 4.74 Å². The van der Waals surface area contributed by atoms with Gasteiger partial charge >= 0.3 is 0 Å². The van der Waals surface area contributed by atoms with Crippen molar-refractivity contribution in [1.82, 2.24) is 25.1 Å². The summed E-state index contributed by atoms with van der Waals surface area (Å²) >= 11 is 1.58. The van der Waals surface area contributed by atoms with E-state index >= 15 is 0 Å². The number of aromatic nitrogens is 4. The summed E-state index contributed by atoms with van der Waals surface area (Å²) in [5.74, 6) is 2.26. The number of tetrazole rings is 1. The van der Waals surface area contributed by atoms with Gasteiger partial charge in [-0.1, -0.05) is 74.1 Å². The van der Waals surface area contributed by atoms with Crippen LogP contribution in [-0.2, 0) is 5.75 Å². The van der Waals surface area contributed by atoms with Crippen LogP contribution in [0.2, 0.25) is 0 Å². The van der Waals surface area contributed by atoms with E-state index in [2.05, 4.69) is 52.5 Å². The zero-order chi connectivity index (χ0) is 26.8. The van der Waals surface area contributed by atoms with Gasteiger partial charge < -0.3 is 9.64 Å². The smallest absolute Gasteiger partial charge is 0.254 e. The first-order valence-electron chi connectivity index (χ1n) is 13.7. The van der Waals surface area contributed by atoms with Crippen LogP contribution in [0.5, 0.6) is 5.75 Å². The predicted octanol–water partition coefficient (Wildman–Crippen LogP) is 6.29. The van der Waals surface area contributed by atoms with Crippen LogP contribution in [-0.4, -0.2) is 49.2 Å². The summed E-state index contributed by atoms with van der Waals surface area (Å²) in [7, 11) is 0. The summed E-state index contributed by atoms with van der Waals surface area (Å²) in [6.07, 6.45) is 4.03. The summed E-state index contributed by atoms with van der Waals surface area (Å²) in [6, 6.07) is 26.7. The Kier molecular flexibility index (Phi) is 7.37. The van der Waals surface area contributed by atoms with E-state index in [1.165, 1.54) is 5.56 Å². The Morgan fingerprint density at radius 3 is 2.36 bits per heavy atom. The number of carbonyl (C=O) groups is 1. The lowest BCUT2D eigenvalue weighted by atomic mass is 9.97. The molecule has 0 saturated carbocycles. The summed E-state index contributed by atoms with van der Waals surface area (Å²) in [5.41, 5.74) is 4.05. The van der Waals surface area contributed by atoms with Crippen molar-refractivity contribution in [1.29, 1.82) is 0 Å². The first-order valence-corrected chi connectivity index (χ1v) is 14.7. The summed E-state index contributed by atoms with van der Waals surface area (Å²) < 4.78 is 8.26. The highest BCUT2D eigenvalue weighted by Crippen LogP contribution is 2.39. The number of fused-ring (bicyclic) bond motifs is 2. The van der Waals surface area contributed by atoms with Crippen molar-refractivity contribution in [3.63, 3.8) is 0 Å². The molecule has 2 aliphatic heterocycles. The van der Waals surface area contributed by atoms with Crippen LogP contribution in [0.4, 0.5) is 0 Å². The molecule has 0 spiro atoms. The second-order valence-electron chi connectivity index (χ2n) is 10.7. The third-order valence-corrected chi connectivity index (χ3v) is 8.76. The zero-order valence-electron chi connectivity index (χ0n) is 22.3. The molecule has 7 nitrogen and oxygen atoms in total.